The fourth-order valence-electron chi connectivity index (χ4n) is 5.74. The van der Waals surface area contributed by atoms with Crippen molar-refractivity contribution in [2.45, 2.75) is 114 Å². The quantitative estimate of drug-likeness (QED) is 0.318. The number of fused-ring (bicyclic) bond motifs is 2. The van der Waals surface area contributed by atoms with Crippen molar-refractivity contribution in [1.82, 2.24) is 0 Å². The van der Waals surface area contributed by atoms with Crippen LogP contribution >= 0.6 is 0 Å². The zero-order valence-corrected chi connectivity index (χ0v) is 26.4. The van der Waals surface area contributed by atoms with Gasteiger partial charge in [0.15, 0.2) is 36.4 Å². The number of aliphatic hydroxyl groups excluding tert-OH is 2. The highest BCUT2D eigenvalue weighted by molar-refractivity contribution is 5.75. The number of ether oxygens (including phenoxy) is 9. The van der Waals surface area contributed by atoms with E-state index in [4.69, 9.17) is 47.9 Å². The highest BCUT2D eigenvalue weighted by atomic mass is 16.8. The van der Waals surface area contributed by atoms with Gasteiger partial charge in [-0.3, -0.25) is 0 Å². The Hall–Kier alpha value is -3.00. The first-order valence-corrected chi connectivity index (χ1v) is 15.1. The van der Waals surface area contributed by atoms with Crippen LogP contribution in [-0.2, 0) is 60.6 Å². The summed E-state index contributed by atoms with van der Waals surface area (Å²) in [6, 6.07) is 21.0. The molecule has 2 aromatic carbocycles. The second kappa shape index (κ2) is 14.4. The third kappa shape index (κ3) is 7.92. The van der Waals surface area contributed by atoms with Crippen LogP contribution in [0.25, 0.3) is 0 Å². The molecule has 250 valence electrons. The lowest BCUT2D eigenvalue weighted by atomic mass is 9.98. The first-order valence-electron chi connectivity index (χ1n) is 15.1. The summed E-state index contributed by atoms with van der Waals surface area (Å²) in [6.07, 6.45) is -8.39. The van der Waals surface area contributed by atoms with Crippen molar-refractivity contribution in [3.8, 4) is 6.07 Å². The summed E-state index contributed by atoms with van der Waals surface area (Å²) in [5, 5.41) is 29.3. The van der Waals surface area contributed by atoms with Gasteiger partial charge in [0.25, 0.3) is 0 Å². The van der Waals surface area contributed by atoms with Crippen molar-refractivity contribution in [2.24, 2.45) is 0 Å². The minimum atomic E-state index is -1.29. The van der Waals surface area contributed by atoms with Gasteiger partial charge in [0, 0.05) is 0 Å². The maximum absolute atomic E-state index is 11.9. The molecule has 4 aliphatic rings. The molecule has 3 unspecified atom stereocenters. The molecule has 4 heterocycles. The Balaban J connectivity index is 0.000000182. The number of nitriles is 1. The molecule has 4 fully saturated rings. The van der Waals surface area contributed by atoms with Gasteiger partial charge in [-0.1, -0.05) is 60.7 Å². The molecular weight excluding hydrogens is 602 g/mol. The average Bonchev–Trinajstić information content (AvgIpc) is 3.64. The standard InChI is InChI=1S/C17H22O7.C16H19NO5/c1-17(2)23-14-12(21-9-10-7-5-4-6-8-10)11(18)13(15(19)20-3)22-16(14)24-17;1-16(2)21-14-13(19-9-10-6-4-3-5-7-10)12(11(18)8-17)20-15(14)22-16/h4-8,11-14,16,18H,9H2,1-3H3;3-7,11-15,18H,9H2,1-2H3/t11-,12+,13?,14?,16-;11-,12+,13+,14?,15+/m00/s1. The smallest absolute Gasteiger partial charge is 0.337 e. The Morgan fingerprint density at radius 3 is 1.80 bits per heavy atom. The topological polar surface area (TPSA) is 164 Å². The number of nitrogens with zero attached hydrogens (tertiary/aromatic N) is 1. The van der Waals surface area contributed by atoms with Crippen LogP contribution in [0.3, 0.4) is 0 Å². The molecule has 46 heavy (non-hydrogen) atoms. The Morgan fingerprint density at radius 1 is 0.826 bits per heavy atom. The highest BCUT2D eigenvalue weighted by Gasteiger charge is 2.58. The first kappa shape index (κ1) is 34.3. The van der Waals surface area contributed by atoms with Crippen LogP contribution in [0.4, 0.5) is 0 Å². The van der Waals surface area contributed by atoms with E-state index >= 15 is 0 Å². The van der Waals surface area contributed by atoms with Crippen molar-refractivity contribution in [3.05, 3.63) is 71.8 Å². The molecule has 0 aromatic heterocycles. The summed E-state index contributed by atoms with van der Waals surface area (Å²) in [5.74, 6) is -2.34. The van der Waals surface area contributed by atoms with Gasteiger partial charge in [-0.2, -0.15) is 5.26 Å². The molecule has 4 saturated heterocycles. The SMILES string of the molecule is CC1(C)OC2[C@H](O[C@H]([C@@H](O)C#N)[C@H]2OCc2ccccc2)O1.COC(=O)C1O[C@H]2OC(C)(C)OC2[C@H](OCc2ccccc2)[C@@H]1O. The second-order valence-corrected chi connectivity index (χ2v) is 12.2. The van der Waals surface area contributed by atoms with Crippen LogP contribution in [0.1, 0.15) is 38.8 Å². The van der Waals surface area contributed by atoms with E-state index in [9.17, 15) is 15.0 Å². The normalized spacial score (nSPS) is 34.3. The van der Waals surface area contributed by atoms with Crippen molar-refractivity contribution < 1.29 is 57.6 Å². The molecule has 0 saturated carbocycles. The predicted molar refractivity (Wildman–Crippen MR) is 157 cm³/mol. The van der Waals surface area contributed by atoms with E-state index in [1.54, 1.807) is 33.8 Å². The zero-order chi connectivity index (χ0) is 33.1. The molecule has 10 atom stereocenters. The van der Waals surface area contributed by atoms with Gasteiger partial charge in [-0.25, -0.2) is 4.79 Å². The molecular formula is C33H41NO12. The van der Waals surface area contributed by atoms with Gasteiger partial charge in [0.1, 0.15) is 36.6 Å². The summed E-state index contributed by atoms with van der Waals surface area (Å²) in [6.45, 7) is 7.67. The van der Waals surface area contributed by atoms with Gasteiger partial charge < -0.3 is 52.8 Å². The summed E-state index contributed by atoms with van der Waals surface area (Å²) in [5.41, 5.74) is 1.94. The number of carbonyl (C=O) groups is 1. The van der Waals surface area contributed by atoms with E-state index in [1.165, 1.54) is 7.11 Å². The molecule has 13 heteroatoms. The van der Waals surface area contributed by atoms with E-state index in [-0.39, 0.29) is 6.61 Å². The summed E-state index contributed by atoms with van der Waals surface area (Å²) in [4.78, 5) is 11.9. The monoisotopic (exact) mass is 643 g/mol. The fraction of sp³-hybridized carbons (Fsp3) is 0.576. The number of methoxy groups -OCH3 is 1. The molecule has 4 aliphatic heterocycles. The average molecular weight is 644 g/mol. The molecule has 0 spiro atoms. The number of carbonyl (C=O) groups excluding carboxylic acids is 1. The largest absolute Gasteiger partial charge is 0.467 e. The van der Waals surface area contributed by atoms with Gasteiger partial charge in [0.05, 0.1) is 26.4 Å². The molecule has 2 aromatic rings. The van der Waals surface area contributed by atoms with Crippen molar-refractivity contribution in [2.75, 3.05) is 7.11 Å². The number of hydrogen-bond donors (Lipinski definition) is 2. The van der Waals surface area contributed by atoms with Crippen LogP contribution in [0.15, 0.2) is 60.7 Å². The highest BCUT2D eigenvalue weighted by Crippen LogP contribution is 2.40. The van der Waals surface area contributed by atoms with Crippen molar-refractivity contribution in [3.63, 3.8) is 0 Å². The molecule has 0 amide bonds. The second-order valence-electron chi connectivity index (χ2n) is 12.2. The lowest BCUT2D eigenvalue weighted by molar-refractivity contribution is -0.260. The van der Waals surface area contributed by atoms with E-state index in [2.05, 4.69) is 0 Å². The molecule has 2 N–H and O–H groups in total. The van der Waals surface area contributed by atoms with Gasteiger partial charge in [-0.15, -0.1) is 0 Å². The Morgan fingerprint density at radius 2 is 1.30 bits per heavy atom. The van der Waals surface area contributed by atoms with Crippen molar-refractivity contribution >= 4 is 5.97 Å². The van der Waals surface area contributed by atoms with Crippen molar-refractivity contribution in [1.29, 1.82) is 5.26 Å². The van der Waals surface area contributed by atoms with Crippen LogP contribution < -0.4 is 0 Å². The predicted octanol–water partition coefficient (Wildman–Crippen LogP) is 2.31. The lowest BCUT2D eigenvalue weighted by Gasteiger charge is -2.38. The molecule has 0 radical (unpaired) electrons. The van der Waals surface area contributed by atoms with E-state index in [0.717, 1.165) is 11.1 Å². The number of hydrogen-bond acceptors (Lipinski definition) is 13. The molecule has 0 bridgehead atoms. The van der Waals surface area contributed by atoms with Crippen LogP contribution in [0, 0.1) is 11.3 Å². The summed E-state index contributed by atoms with van der Waals surface area (Å²) in [7, 11) is 1.24. The maximum Gasteiger partial charge on any atom is 0.337 e. The van der Waals surface area contributed by atoms with Crippen LogP contribution in [0.5, 0.6) is 0 Å². The van der Waals surface area contributed by atoms with E-state index in [1.807, 2.05) is 60.7 Å². The Labute approximate surface area is 267 Å². The third-order valence-corrected chi connectivity index (χ3v) is 7.81. The molecule has 6 rings (SSSR count). The Kier molecular flexibility index (Phi) is 10.8. The minimum absolute atomic E-state index is 0.267. The Bertz CT molecular complexity index is 1340. The molecule has 13 nitrogen and oxygen atoms in total. The number of rotatable bonds is 8. The van der Waals surface area contributed by atoms with E-state index < -0.39 is 79.0 Å². The zero-order valence-electron chi connectivity index (χ0n) is 26.4. The number of benzene rings is 2. The lowest BCUT2D eigenvalue weighted by Crippen LogP contribution is -2.59. The van der Waals surface area contributed by atoms with Crippen LogP contribution in [-0.4, -0.2) is 96.3 Å². The summed E-state index contributed by atoms with van der Waals surface area (Å²) < 4.78 is 50.5. The number of aliphatic hydroxyl groups is 2. The van der Waals surface area contributed by atoms with Gasteiger partial charge in [0.2, 0.25) is 0 Å². The minimum Gasteiger partial charge on any atom is -0.467 e. The first-order chi connectivity index (χ1) is 21.9. The third-order valence-electron chi connectivity index (χ3n) is 7.81. The van der Waals surface area contributed by atoms with Gasteiger partial charge in [-0.05, 0) is 38.8 Å². The fourth-order valence-corrected chi connectivity index (χ4v) is 5.74. The van der Waals surface area contributed by atoms with Gasteiger partial charge >= 0.3 is 5.97 Å². The summed E-state index contributed by atoms with van der Waals surface area (Å²) >= 11 is 0. The van der Waals surface area contributed by atoms with Crippen LogP contribution in [0.2, 0.25) is 0 Å². The van der Waals surface area contributed by atoms with E-state index in [0.29, 0.717) is 6.61 Å². The number of esters is 1. The maximum atomic E-state index is 11.9. The molecule has 0 aliphatic carbocycles.